The van der Waals surface area contributed by atoms with Gasteiger partial charge in [-0.3, -0.25) is 9.69 Å². The van der Waals surface area contributed by atoms with Crippen LogP contribution in [0.2, 0.25) is 0 Å². The van der Waals surface area contributed by atoms with Crippen LogP contribution in [-0.4, -0.2) is 57.7 Å². The predicted molar refractivity (Wildman–Crippen MR) is 107 cm³/mol. The third kappa shape index (κ3) is 5.33. The molecule has 1 fully saturated rings. The highest BCUT2D eigenvalue weighted by molar-refractivity contribution is 5.69. The van der Waals surface area contributed by atoms with Crippen LogP contribution in [0.15, 0.2) is 29.5 Å². The molecule has 11 heteroatoms. The van der Waals surface area contributed by atoms with Crippen molar-refractivity contribution >= 4 is 12.0 Å². The fraction of sp³-hybridized carbons (Fsp3) is 0.500. The number of aromatic amines is 1. The van der Waals surface area contributed by atoms with Gasteiger partial charge in [0.15, 0.2) is 0 Å². The molecule has 0 aliphatic carbocycles. The van der Waals surface area contributed by atoms with Crippen molar-refractivity contribution in [2.45, 2.75) is 45.5 Å². The topological polar surface area (TPSA) is 91.4 Å². The number of nitrogens with zero attached hydrogens (tertiary/aromatic N) is 4. The number of halogens is 3. The number of pyridine rings is 1. The van der Waals surface area contributed by atoms with Crippen LogP contribution in [0, 0.1) is 6.92 Å². The van der Waals surface area contributed by atoms with E-state index >= 15 is 0 Å². The lowest BCUT2D eigenvalue weighted by Crippen LogP contribution is -2.59. The van der Waals surface area contributed by atoms with E-state index in [-0.39, 0.29) is 30.7 Å². The molecule has 8 nitrogen and oxygen atoms in total. The SMILES string of the molecule is Cc1cnc(N2CC(C)N(C(=O)OCCc3c[nH]c(=O)c(C(F)(F)F)c3)C(C)C2)nc1. The molecule has 1 aliphatic rings. The monoisotopic (exact) mass is 439 g/mol. The number of ether oxygens (including phenoxy) is 1. The van der Waals surface area contributed by atoms with Crippen LogP contribution in [0.4, 0.5) is 23.9 Å². The van der Waals surface area contributed by atoms with Crippen molar-refractivity contribution in [3.8, 4) is 0 Å². The molecule has 0 spiro atoms. The molecular formula is C20H24F3N5O3. The molecule has 0 radical (unpaired) electrons. The first-order valence-corrected chi connectivity index (χ1v) is 9.83. The van der Waals surface area contributed by atoms with E-state index in [1.165, 1.54) is 6.20 Å². The minimum atomic E-state index is -4.74. The number of hydrogen-bond donors (Lipinski definition) is 1. The Kier molecular flexibility index (Phi) is 6.51. The van der Waals surface area contributed by atoms with Crippen LogP contribution in [0.3, 0.4) is 0 Å². The van der Waals surface area contributed by atoms with Crippen molar-refractivity contribution in [2.75, 3.05) is 24.6 Å². The molecule has 1 saturated heterocycles. The molecule has 2 aromatic heterocycles. The van der Waals surface area contributed by atoms with Crippen LogP contribution in [0.5, 0.6) is 0 Å². The van der Waals surface area contributed by atoms with E-state index in [0.29, 0.717) is 19.0 Å². The molecule has 1 N–H and O–H groups in total. The van der Waals surface area contributed by atoms with Gasteiger partial charge in [0.05, 0.1) is 18.7 Å². The van der Waals surface area contributed by atoms with E-state index in [1.807, 2.05) is 25.7 Å². The Balaban J connectivity index is 1.57. The van der Waals surface area contributed by atoms with Gasteiger partial charge in [0.2, 0.25) is 5.95 Å². The van der Waals surface area contributed by atoms with Crippen molar-refractivity contribution in [3.05, 3.63) is 51.7 Å². The Morgan fingerprint density at radius 3 is 2.42 bits per heavy atom. The smallest absolute Gasteiger partial charge is 0.421 e. The van der Waals surface area contributed by atoms with Gasteiger partial charge in [-0.2, -0.15) is 13.2 Å². The summed E-state index contributed by atoms with van der Waals surface area (Å²) in [6.07, 6.45) is -0.572. The first-order chi connectivity index (χ1) is 14.6. The molecule has 0 bridgehead atoms. The van der Waals surface area contributed by atoms with Crippen molar-refractivity contribution in [1.29, 1.82) is 0 Å². The van der Waals surface area contributed by atoms with E-state index in [2.05, 4.69) is 15.0 Å². The fourth-order valence-corrected chi connectivity index (χ4v) is 3.61. The molecule has 1 aliphatic heterocycles. The molecule has 31 heavy (non-hydrogen) atoms. The number of amides is 1. The van der Waals surface area contributed by atoms with Crippen molar-refractivity contribution in [3.63, 3.8) is 0 Å². The first kappa shape index (κ1) is 22.6. The minimum absolute atomic E-state index is 0.0472. The lowest BCUT2D eigenvalue weighted by molar-refractivity contribution is -0.138. The second-order valence-corrected chi connectivity index (χ2v) is 7.68. The van der Waals surface area contributed by atoms with Crippen LogP contribution in [0.25, 0.3) is 0 Å². The van der Waals surface area contributed by atoms with Gasteiger partial charge < -0.3 is 14.6 Å². The summed E-state index contributed by atoms with van der Waals surface area (Å²) in [7, 11) is 0. The maximum atomic E-state index is 12.9. The minimum Gasteiger partial charge on any atom is -0.449 e. The molecule has 0 saturated carbocycles. The first-order valence-electron chi connectivity index (χ1n) is 9.83. The van der Waals surface area contributed by atoms with Crippen LogP contribution in [-0.2, 0) is 17.3 Å². The highest BCUT2D eigenvalue weighted by atomic mass is 19.4. The summed E-state index contributed by atoms with van der Waals surface area (Å²) in [5, 5.41) is 0. The third-order valence-electron chi connectivity index (χ3n) is 5.06. The van der Waals surface area contributed by atoms with Gasteiger partial charge in [-0.25, -0.2) is 14.8 Å². The van der Waals surface area contributed by atoms with E-state index in [9.17, 15) is 22.8 Å². The number of H-pyrrole nitrogens is 1. The average molecular weight is 439 g/mol. The van der Waals surface area contributed by atoms with Gasteiger partial charge in [0, 0.05) is 38.1 Å². The van der Waals surface area contributed by atoms with Crippen LogP contribution in [0.1, 0.15) is 30.5 Å². The summed E-state index contributed by atoms with van der Waals surface area (Å²) in [6.45, 7) is 6.61. The lowest BCUT2D eigenvalue weighted by Gasteiger charge is -2.43. The van der Waals surface area contributed by atoms with Gasteiger partial charge in [-0.1, -0.05) is 0 Å². The number of carbonyl (C=O) groups excluding carboxylic acids is 1. The fourth-order valence-electron chi connectivity index (χ4n) is 3.61. The number of hydrogen-bond acceptors (Lipinski definition) is 6. The van der Waals surface area contributed by atoms with Gasteiger partial charge in [0.25, 0.3) is 5.56 Å². The quantitative estimate of drug-likeness (QED) is 0.788. The van der Waals surface area contributed by atoms with E-state index in [4.69, 9.17) is 4.74 Å². The van der Waals surface area contributed by atoms with E-state index in [1.54, 1.807) is 17.3 Å². The Morgan fingerprint density at radius 1 is 1.23 bits per heavy atom. The molecule has 168 valence electrons. The van der Waals surface area contributed by atoms with Crippen molar-refractivity contribution < 1.29 is 22.7 Å². The Bertz CT molecular complexity index is 965. The molecular weight excluding hydrogens is 415 g/mol. The van der Waals surface area contributed by atoms with Gasteiger partial charge >= 0.3 is 12.3 Å². The average Bonchev–Trinajstić information content (AvgIpc) is 2.68. The number of nitrogens with one attached hydrogen (secondary N) is 1. The summed E-state index contributed by atoms with van der Waals surface area (Å²) >= 11 is 0. The zero-order chi connectivity index (χ0) is 22.8. The van der Waals surface area contributed by atoms with Crippen LogP contribution >= 0.6 is 0 Å². The number of rotatable bonds is 4. The number of carbonyl (C=O) groups is 1. The Labute approximate surface area is 177 Å². The molecule has 2 unspecified atom stereocenters. The van der Waals surface area contributed by atoms with Gasteiger partial charge in [0.1, 0.15) is 5.56 Å². The number of aryl methyl sites for hydroxylation is 1. The van der Waals surface area contributed by atoms with E-state index in [0.717, 1.165) is 11.6 Å². The lowest BCUT2D eigenvalue weighted by atomic mass is 10.1. The number of aromatic nitrogens is 3. The molecule has 0 aromatic carbocycles. The number of alkyl halides is 3. The summed E-state index contributed by atoms with van der Waals surface area (Å²) < 4.78 is 43.9. The highest BCUT2D eigenvalue weighted by Crippen LogP contribution is 2.26. The van der Waals surface area contributed by atoms with Crippen molar-refractivity contribution in [1.82, 2.24) is 19.9 Å². The molecule has 3 rings (SSSR count). The molecule has 2 atom stereocenters. The van der Waals surface area contributed by atoms with Gasteiger partial charge in [-0.05, 0) is 38.0 Å². The third-order valence-corrected chi connectivity index (χ3v) is 5.06. The zero-order valence-electron chi connectivity index (χ0n) is 17.4. The maximum absolute atomic E-state index is 12.9. The summed E-state index contributed by atoms with van der Waals surface area (Å²) in [4.78, 5) is 38.3. The second-order valence-electron chi connectivity index (χ2n) is 7.68. The summed E-state index contributed by atoms with van der Waals surface area (Å²) in [5.41, 5.74) is -1.29. The van der Waals surface area contributed by atoms with Crippen LogP contribution < -0.4 is 10.5 Å². The largest absolute Gasteiger partial charge is 0.449 e. The Hall–Kier alpha value is -3.11. The van der Waals surface area contributed by atoms with E-state index < -0.39 is 23.4 Å². The molecule has 2 aromatic rings. The van der Waals surface area contributed by atoms with Crippen molar-refractivity contribution in [2.24, 2.45) is 0 Å². The zero-order valence-corrected chi connectivity index (χ0v) is 17.4. The molecule has 1 amide bonds. The standard InChI is InChI=1S/C20H24F3N5O3/c1-12-7-25-18(26-8-12)27-10-13(2)28(14(3)11-27)19(30)31-5-4-15-6-16(20(21,22)23)17(29)24-9-15/h6-9,13-14H,4-5,10-11H2,1-3H3,(H,24,29). The summed E-state index contributed by atoms with van der Waals surface area (Å²) in [5.74, 6) is 0.593. The maximum Gasteiger partial charge on any atom is 0.421 e. The van der Waals surface area contributed by atoms with Gasteiger partial charge in [-0.15, -0.1) is 0 Å². The Morgan fingerprint density at radius 2 is 1.84 bits per heavy atom. The highest BCUT2D eigenvalue weighted by Gasteiger charge is 2.35. The normalized spacial score (nSPS) is 19.4. The molecule has 3 heterocycles. The number of piperazine rings is 1. The second kappa shape index (κ2) is 8.94. The summed E-state index contributed by atoms with van der Waals surface area (Å²) in [6, 6.07) is 0.426. The number of anilines is 1. The predicted octanol–water partition coefficient (Wildman–Crippen LogP) is 2.77.